The third kappa shape index (κ3) is 3.74. The molecule has 0 saturated heterocycles. The Morgan fingerprint density at radius 3 is 2.36 bits per heavy atom. The lowest BCUT2D eigenvalue weighted by atomic mass is 10.1. The van der Waals surface area contributed by atoms with Crippen LogP contribution < -0.4 is 5.32 Å². The zero-order valence-electron chi connectivity index (χ0n) is 13.8. The van der Waals surface area contributed by atoms with Gasteiger partial charge >= 0.3 is 0 Å². The van der Waals surface area contributed by atoms with Crippen molar-refractivity contribution >= 4 is 35.2 Å². The van der Waals surface area contributed by atoms with Gasteiger partial charge in [0.05, 0.1) is 17.0 Å². The molecule has 3 rings (SSSR count). The van der Waals surface area contributed by atoms with Crippen molar-refractivity contribution in [2.24, 2.45) is 0 Å². The predicted molar refractivity (Wildman–Crippen MR) is 97.6 cm³/mol. The van der Waals surface area contributed by atoms with Crippen molar-refractivity contribution in [3.63, 3.8) is 0 Å². The van der Waals surface area contributed by atoms with Gasteiger partial charge in [0.15, 0.2) is 0 Å². The Balaban J connectivity index is 1.66. The van der Waals surface area contributed by atoms with Gasteiger partial charge in [-0.15, -0.1) is 11.8 Å². The highest BCUT2D eigenvalue weighted by atomic mass is 32.2. The summed E-state index contributed by atoms with van der Waals surface area (Å²) in [5.41, 5.74) is 1.62. The summed E-state index contributed by atoms with van der Waals surface area (Å²) >= 11 is 1.38. The molecule has 0 radical (unpaired) electrons. The number of imide groups is 1. The molecular formula is C19H18N2O3S. The average Bonchev–Trinajstić information content (AvgIpc) is 2.85. The zero-order valence-corrected chi connectivity index (χ0v) is 14.6. The van der Waals surface area contributed by atoms with Gasteiger partial charge in [0.25, 0.3) is 11.8 Å². The molecule has 3 amide bonds. The van der Waals surface area contributed by atoms with Crippen molar-refractivity contribution in [2.75, 3.05) is 11.2 Å². The molecule has 0 atom stereocenters. The summed E-state index contributed by atoms with van der Waals surface area (Å²) in [6, 6.07) is 14.2. The van der Waals surface area contributed by atoms with Gasteiger partial charge in [-0.2, -0.15) is 0 Å². The maximum atomic E-state index is 12.3. The van der Waals surface area contributed by atoms with E-state index >= 15 is 0 Å². The Hall–Kier alpha value is -2.60. The van der Waals surface area contributed by atoms with E-state index in [4.69, 9.17) is 0 Å². The molecule has 0 spiro atoms. The number of rotatable bonds is 6. The first-order valence-electron chi connectivity index (χ1n) is 8.08. The standard InChI is InChI=1S/C19H18N2O3S/c1-2-6-17(22)20-13-7-5-8-14(11-13)25-12-21-18(23)15-9-3-4-10-16(15)19(21)24/h3-5,7-11H,2,6,12H2,1H3,(H,20,22). The third-order valence-corrected chi connectivity index (χ3v) is 4.81. The normalized spacial score (nSPS) is 13.1. The van der Waals surface area contributed by atoms with Gasteiger partial charge in [0.2, 0.25) is 5.91 Å². The molecule has 5 nitrogen and oxygen atoms in total. The number of thioether (sulfide) groups is 1. The molecule has 0 aliphatic carbocycles. The molecule has 2 aromatic carbocycles. The van der Waals surface area contributed by atoms with E-state index in [1.165, 1.54) is 16.7 Å². The van der Waals surface area contributed by atoms with E-state index < -0.39 is 0 Å². The van der Waals surface area contributed by atoms with Crippen molar-refractivity contribution < 1.29 is 14.4 Å². The van der Waals surface area contributed by atoms with Crippen molar-refractivity contribution in [3.8, 4) is 0 Å². The number of amides is 3. The van der Waals surface area contributed by atoms with Crippen molar-refractivity contribution in [1.29, 1.82) is 0 Å². The molecular weight excluding hydrogens is 336 g/mol. The van der Waals surface area contributed by atoms with Crippen LogP contribution in [0.25, 0.3) is 0 Å². The van der Waals surface area contributed by atoms with Crippen LogP contribution in [-0.2, 0) is 4.79 Å². The average molecular weight is 354 g/mol. The number of carbonyl (C=O) groups is 3. The highest BCUT2D eigenvalue weighted by Crippen LogP contribution is 2.28. The van der Waals surface area contributed by atoms with Gasteiger partial charge in [-0.05, 0) is 36.8 Å². The SMILES string of the molecule is CCCC(=O)Nc1cccc(SCN2C(=O)c3ccccc3C2=O)c1. The van der Waals surface area contributed by atoms with E-state index in [0.717, 1.165) is 11.3 Å². The Morgan fingerprint density at radius 1 is 1.04 bits per heavy atom. The van der Waals surface area contributed by atoms with Crippen LogP contribution in [0.2, 0.25) is 0 Å². The first-order chi connectivity index (χ1) is 12.1. The fourth-order valence-electron chi connectivity index (χ4n) is 2.61. The van der Waals surface area contributed by atoms with Crippen LogP contribution in [-0.4, -0.2) is 28.5 Å². The minimum Gasteiger partial charge on any atom is -0.326 e. The molecule has 1 heterocycles. The number of hydrogen-bond donors (Lipinski definition) is 1. The minimum atomic E-state index is -0.263. The molecule has 0 saturated carbocycles. The molecule has 0 fully saturated rings. The lowest BCUT2D eigenvalue weighted by Gasteiger charge is -2.13. The van der Waals surface area contributed by atoms with Crippen LogP contribution in [0.1, 0.15) is 40.5 Å². The van der Waals surface area contributed by atoms with Crippen LogP contribution in [0.4, 0.5) is 5.69 Å². The van der Waals surface area contributed by atoms with Crippen LogP contribution in [0.3, 0.4) is 0 Å². The molecule has 1 aliphatic rings. The van der Waals surface area contributed by atoms with E-state index in [1.54, 1.807) is 24.3 Å². The fourth-order valence-corrected chi connectivity index (χ4v) is 3.51. The summed E-state index contributed by atoms with van der Waals surface area (Å²) < 4.78 is 0. The maximum Gasteiger partial charge on any atom is 0.262 e. The van der Waals surface area contributed by atoms with E-state index in [-0.39, 0.29) is 23.6 Å². The monoisotopic (exact) mass is 354 g/mol. The molecule has 128 valence electrons. The summed E-state index contributed by atoms with van der Waals surface area (Å²) in [6.45, 7) is 1.95. The minimum absolute atomic E-state index is 0.0231. The molecule has 0 aromatic heterocycles. The van der Waals surface area contributed by atoms with Crippen molar-refractivity contribution in [1.82, 2.24) is 4.90 Å². The summed E-state index contributed by atoms with van der Waals surface area (Å²) in [4.78, 5) is 38.5. The van der Waals surface area contributed by atoms with Gasteiger partial charge in [-0.1, -0.05) is 25.1 Å². The Kier molecular flexibility index (Phi) is 5.19. The van der Waals surface area contributed by atoms with Crippen molar-refractivity contribution in [3.05, 3.63) is 59.7 Å². The van der Waals surface area contributed by atoms with Gasteiger partial charge < -0.3 is 5.32 Å². The lowest BCUT2D eigenvalue weighted by Crippen LogP contribution is -2.29. The Labute approximate surface area is 150 Å². The third-order valence-electron chi connectivity index (χ3n) is 3.83. The number of anilines is 1. The number of hydrogen-bond acceptors (Lipinski definition) is 4. The lowest BCUT2D eigenvalue weighted by molar-refractivity contribution is -0.116. The fraction of sp³-hybridized carbons (Fsp3) is 0.211. The van der Waals surface area contributed by atoms with Crippen molar-refractivity contribution in [2.45, 2.75) is 24.7 Å². The molecule has 2 aromatic rings. The Bertz CT molecular complexity index is 800. The number of nitrogens with one attached hydrogen (secondary N) is 1. The molecule has 25 heavy (non-hydrogen) atoms. The largest absolute Gasteiger partial charge is 0.326 e. The number of nitrogens with zero attached hydrogens (tertiary/aromatic N) is 1. The first-order valence-corrected chi connectivity index (χ1v) is 9.06. The molecule has 1 aliphatic heterocycles. The van der Waals surface area contributed by atoms with E-state index in [2.05, 4.69) is 5.32 Å². The predicted octanol–water partition coefficient (Wildman–Crippen LogP) is 3.77. The van der Waals surface area contributed by atoms with E-state index in [0.29, 0.717) is 23.2 Å². The first kappa shape index (κ1) is 17.2. The van der Waals surface area contributed by atoms with Gasteiger partial charge in [0, 0.05) is 17.0 Å². The van der Waals surface area contributed by atoms with Crippen LogP contribution in [0.5, 0.6) is 0 Å². The molecule has 0 unspecified atom stereocenters. The molecule has 6 heteroatoms. The zero-order chi connectivity index (χ0) is 17.8. The Morgan fingerprint density at radius 2 is 1.72 bits per heavy atom. The molecule has 0 bridgehead atoms. The number of benzene rings is 2. The second kappa shape index (κ2) is 7.53. The van der Waals surface area contributed by atoms with E-state index in [1.807, 2.05) is 31.2 Å². The van der Waals surface area contributed by atoms with Crippen LogP contribution >= 0.6 is 11.8 Å². The van der Waals surface area contributed by atoms with Crippen LogP contribution in [0, 0.1) is 0 Å². The summed E-state index contributed by atoms with van der Waals surface area (Å²) in [7, 11) is 0. The van der Waals surface area contributed by atoms with E-state index in [9.17, 15) is 14.4 Å². The summed E-state index contributed by atoms with van der Waals surface area (Å²) in [5, 5.41) is 2.84. The van der Waals surface area contributed by atoms with Gasteiger partial charge in [0.1, 0.15) is 0 Å². The summed E-state index contributed by atoms with van der Waals surface area (Å²) in [6.07, 6.45) is 1.27. The number of fused-ring (bicyclic) bond motifs is 1. The second-order valence-corrected chi connectivity index (χ2v) is 6.70. The highest BCUT2D eigenvalue weighted by Gasteiger charge is 2.34. The van der Waals surface area contributed by atoms with Gasteiger partial charge in [-0.25, -0.2) is 0 Å². The smallest absolute Gasteiger partial charge is 0.262 e. The highest BCUT2D eigenvalue weighted by molar-refractivity contribution is 7.99. The maximum absolute atomic E-state index is 12.3. The summed E-state index contributed by atoms with van der Waals surface area (Å²) in [5.74, 6) is -0.315. The van der Waals surface area contributed by atoms with Gasteiger partial charge in [-0.3, -0.25) is 19.3 Å². The quantitative estimate of drug-likeness (QED) is 0.633. The topological polar surface area (TPSA) is 66.5 Å². The second-order valence-electron chi connectivity index (χ2n) is 5.68. The number of carbonyl (C=O) groups excluding carboxylic acids is 3. The van der Waals surface area contributed by atoms with Crippen LogP contribution in [0.15, 0.2) is 53.4 Å². The molecule has 1 N–H and O–H groups in total.